The van der Waals surface area contributed by atoms with E-state index in [0.717, 1.165) is 41.3 Å². The van der Waals surface area contributed by atoms with E-state index < -0.39 is 0 Å². The van der Waals surface area contributed by atoms with Gasteiger partial charge in [-0.1, -0.05) is 45.2 Å². The normalized spacial score (nSPS) is 13.3. The first kappa shape index (κ1) is 17.9. The number of ether oxygens (including phenoxy) is 1. The second-order valence-electron chi connectivity index (χ2n) is 5.64. The van der Waals surface area contributed by atoms with E-state index in [1.54, 1.807) is 0 Å². The molecular formula is C19H27ClO. The van der Waals surface area contributed by atoms with Crippen molar-refractivity contribution in [3.05, 3.63) is 27.8 Å². The molecule has 2 atom stereocenters. The smallest absolute Gasteiger partial charge is 0.123 e. The van der Waals surface area contributed by atoms with E-state index in [1.165, 1.54) is 5.56 Å². The highest BCUT2D eigenvalue weighted by Gasteiger charge is 2.22. The van der Waals surface area contributed by atoms with Crippen LogP contribution in [0.3, 0.4) is 0 Å². The van der Waals surface area contributed by atoms with Crippen molar-refractivity contribution in [3.8, 4) is 17.6 Å². The quantitative estimate of drug-likeness (QED) is 0.615. The Hall–Kier alpha value is -1.13. The van der Waals surface area contributed by atoms with Crippen LogP contribution in [0.1, 0.15) is 63.1 Å². The molecule has 2 heteroatoms. The van der Waals surface area contributed by atoms with Gasteiger partial charge in [0.2, 0.25) is 0 Å². The van der Waals surface area contributed by atoms with E-state index in [9.17, 15) is 0 Å². The lowest BCUT2D eigenvalue weighted by molar-refractivity contribution is 0.310. The van der Waals surface area contributed by atoms with Crippen LogP contribution < -0.4 is 4.74 Å². The zero-order valence-electron chi connectivity index (χ0n) is 14.1. The highest BCUT2D eigenvalue weighted by molar-refractivity contribution is 6.32. The molecule has 0 aliphatic heterocycles. The van der Waals surface area contributed by atoms with Gasteiger partial charge in [-0.2, -0.15) is 0 Å². The third kappa shape index (κ3) is 4.42. The lowest BCUT2D eigenvalue weighted by atomic mass is 9.85. The Labute approximate surface area is 135 Å². The molecule has 0 radical (unpaired) electrons. The molecule has 1 aromatic carbocycles. The van der Waals surface area contributed by atoms with Crippen molar-refractivity contribution in [1.82, 2.24) is 0 Å². The first-order valence-electron chi connectivity index (χ1n) is 7.84. The summed E-state index contributed by atoms with van der Waals surface area (Å²) >= 11 is 6.45. The van der Waals surface area contributed by atoms with Gasteiger partial charge in [-0.3, -0.25) is 0 Å². The largest absolute Gasteiger partial charge is 0.493 e. The van der Waals surface area contributed by atoms with Crippen LogP contribution in [0.2, 0.25) is 5.02 Å². The fraction of sp³-hybridized carbons (Fsp3) is 0.579. The predicted octanol–water partition coefficient (Wildman–Crippen LogP) is 5.90. The summed E-state index contributed by atoms with van der Waals surface area (Å²) in [6.07, 6.45) is 1.89. The Balaban J connectivity index is 3.27. The Bertz CT molecular complexity index is 537. The van der Waals surface area contributed by atoms with Crippen LogP contribution in [-0.2, 0) is 0 Å². The van der Waals surface area contributed by atoms with Gasteiger partial charge in [0.05, 0.1) is 6.61 Å². The number of hydrogen-bond donors (Lipinski definition) is 0. The second-order valence-corrected chi connectivity index (χ2v) is 6.02. The SMILES string of the molecule is CCC#CC(C)C(C)c1c(OCCC)cc(C)c(Cl)c1C. The molecular weight excluding hydrogens is 280 g/mol. The van der Waals surface area contributed by atoms with Crippen LogP contribution in [0.15, 0.2) is 6.07 Å². The number of halogens is 1. The molecule has 21 heavy (non-hydrogen) atoms. The molecule has 1 nitrogen and oxygen atoms in total. The van der Waals surface area contributed by atoms with Gasteiger partial charge < -0.3 is 4.74 Å². The third-order valence-electron chi connectivity index (χ3n) is 3.87. The average molecular weight is 307 g/mol. The van der Waals surface area contributed by atoms with E-state index in [0.29, 0.717) is 5.92 Å². The van der Waals surface area contributed by atoms with E-state index in [1.807, 2.05) is 6.92 Å². The van der Waals surface area contributed by atoms with Crippen LogP contribution in [0, 0.1) is 31.6 Å². The van der Waals surface area contributed by atoms with E-state index in [4.69, 9.17) is 16.3 Å². The van der Waals surface area contributed by atoms with Crippen molar-refractivity contribution in [1.29, 1.82) is 0 Å². The molecule has 0 bridgehead atoms. The number of aryl methyl sites for hydroxylation is 1. The Kier molecular flexibility index (Phi) is 7.12. The van der Waals surface area contributed by atoms with Crippen molar-refractivity contribution in [2.45, 2.75) is 60.3 Å². The average Bonchev–Trinajstić information content (AvgIpc) is 2.47. The van der Waals surface area contributed by atoms with Crippen LogP contribution in [0.25, 0.3) is 0 Å². The van der Waals surface area contributed by atoms with Gasteiger partial charge in [0.1, 0.15) is 5.75 Å². The third-order valence-corrected chi connectivity index (χ3v) is 4.45. The van der Waals surface area contributed by atoms with Crippen molar-refractivity contribution >= 4 is 11.6 Å². The van der Waals surface area contributed by atoms with Gasteiger partial charge >= 0.3 is 0 Å². The second kappa shape index (κ2) is 8.35. The summed E-state index contributed by atoms with van der Waals surface area (Å²) in [5.41, 5.74) is 3.40. The van der Waals surface area contributed by atoms with E-state index in [-0.39, 0.29) is 5.92 Å². The Morgan fingerprint density at radius 3 is 2.48 bits per heavy atom. The van der Waals surface area contributed by atoms with E-state index >= 15 is 0 Å². The molecule has 0 aliphatic carbocycles. The van der Waals surface area contributed by atoms with Crippen molar-refractivity contribution in [2.75, 3.05) is 6.61 Å². The maximum absolute atomic E-state index is 6.45. The number of rotatable bonds is 5. The summed E-state index contributed by atoms with van der Waals surface area (Å²) < 4.78 is 5.97. The topological polar surface area (TPSA) is 9.23 Å². The van der Waals surface area contributed by atoms with Crippen LogP contribution in [0.4, 0.5) is 0 Å². The fourth-order valence-electron chi connectivity index (χ4n) is 2.47. The minimum absolute atomic E-state index is 0.284. The van der Waals surface area contributed by atoms with Gasteiger partial charge in [0.25, 0.3) is 0 Å². The summed E-state index contributed by atoms with van der Waals surface area (Å²) in [7, 11) is 0. The molecule has 0 N–H and O–H groups in total. The molecule has 0 saturated carbocycles. The van der Waals surface area contributed by atoms with Gasteiger partial charge in [-0.15, -0.1) is 5.92 Å². The van der Waals surface area contributed by atoms with Crippen LogP contribution in [-0.4, -0.2) is 6.61 Å². The lowest BCUT2D eigenvalue weighted by Gasteiger charge is -2.23. The van der Waals surface area contributed by atoms with Crippen molar-refractivity contribution in [2.24, 2.45) is 5.92 Å². The van der Waals surface area contributed by atoms with Gasteiger partial charge in [0, 0.05) is 22.9 Å². The Morgan fingerprint density at radius 2 is 1.90 bits per heavy atom. The zero-order chi connectivity index (χ0) is 16.0. The standard InChI is InChI=1S/C19H27ClO/c1-7-9-10-13(3)15(5)18-16(6)19(20)14(4)12-17(18)21-11-8-2/h12-13,15H,7-8,11H2,1-6H3. The maximum Gasteiger partial charge on any atom is 0.123 e. The summed E-state index contributed by atoms with van der Waals surface area (Å²) in [4.78, 5) is 0. The Morgan fingerprint density at radius 1 is 1.24 bits per heavy atom. The lowest BCUT2D eigenvalue weighted by Crippen LogP contribution is -2.10. The van der Waals surface area contributed by atoms with Crippen molar-refractivity contribution in [3.63, 3.8) is 0 Å². The molecule has 0 amide bonds. The minimum Gasteiger partial charge on any atom is -0.493 e. The molecule has 0 aliphatic rings. The molecule has 0 heterocycles. The molecule has 2 unspecified atom stereocenters. The fourth-order valence-corrected chi connectivity index (χ4v) is 2.63. The summed E-state index contributed by atoms with van der Waals surface area (Å²) in [5, 5.41) is 0.844. The maximum atomic E-state index is 6.45. The van der Waals surface area contributed by atoms with Gasteiger partial charge in [-0.05, 0) is 43.4 Å². The minimum atomic E-state index is 0.284. The molecule has 1 rings (SSSR count). The molecule has 0 fully saturated rings. The van der Waals surface area contributed by atoms with Gasteiger partial charge in [-0.25, -0.2) is 0 Å². The van der Waals surface area contributed by atoms with E-state index in [2.05, 4.69) is 52.5 Å². The predicted molar refractivity (Wildman–Crippen MR) is 92.4 cm³/mol. The monoisotopic (exact) mass is 306 g/mol. The highest BCUT2D eigenvalue weighted by atomic mass is 35.5. The molecule has 0 saturated heterocycles. The van der Waals surface area contributed by atoms with Crippen molar-refractivity contribution < 1.29 is 4.74 Å². The number of hydrogen-bond acceptors (Lipinski definition) is 1. The summed E-state index contributed by atoms with van der Waals surface area (Å²) in [6.45, 7) is 13.4. The molecule has 1 aromatic rings. The first-order chi connectivity index (χ1) is 9.93. The highest BCUT2D eigenvalue weighted by Crippen LogP contribution is 2.39. The molecule has 116 valence electrons. The van der Waals surface area contributed by atoms with Crippen LogP contribution >= 0.6 is 11.6 Å². The van der Waals surface area contributed by atoms with Gasteiger partial charge in [0.15, 0.2) is 0 Å². The molecule has 0 spiro atoms. The zero-order valence-corrected chi connectivity index (χ0v) is 14.9. The number of benzene rings is 1. The summed E-state index contributed by atoms with van der Waals surface area (Å²) in [5.74, 6) is 8.06. The molecule has 0 aromatic heterocycles. The van der Waals surface area contributed by atoms with Crippen LogP contribution in [0.5, 0.6) is 5.75 Å². The summed E-state index contributed by atoms with van der Waals surface area (Å²) in [6, 6.07) is 2.07. The first-order valence-corrected chi connectivity index (χ1v) is 8.22.